The standard InChI is InChI=1S/C20H30N2O5S/c1-14(23)28-13-18-9-19(10-18,11-18)22-12-20(27-16(22)25)5-7-21(8-6-20)15(24)26-17(2,3)4/h5-13H2,1-4H3. The van der Waals surface area contributed by atoms with Crippen molar-refractivity contribution in [3.05, 3.63) is 0 Å². The first-order chi connectivity index (χ1) is 13.0. The third-order valence-corrected chi connectivity index (χ3v) is 7.73. The van der Waals surface area contributed by atoms with Crippen molar-refractivity contribution in [1.82, 2.24) is 9.80 Å². The number of hydrogen-bond donors (Lipinski definition) is 0. The summed E-state index contributed by atoms with van der Waals surface area (Å²) in [5, 5.41) is 0.162. The molecule has 2 saturated heterocycles. The number of hydrogen-bond acceptors (Lipinski definition) is 6. The number of piperidine rings is 1. The van der Waals surface area contributed by atoms with Crippen LogP contribution in [0.4, 0.5) is 9.59 Å². The minimum Gasteiger partial charge on any atom is -0.444 e. The lowest BCUT2D eigenvalue weighted by molar-refractivity contribution is -0.186. The van der Waals surface area contributed by atoms with Gasteiger partial charge in [-0.25, -0.2) is 9.59 Å². The van der Waals surface area contributed by atoms with E-state index in [-0.39, 0.29) is 28.3 Å². The summed E-state index contributed by atoms with van der Waals surface area (Å²) in [5.74, 6) is 0.864. The monoisotopic (exact) mass is 410 g/mol. The van der Waals surface area contributed by atoms with Crippen LogP contribution in [-0.4, -0.2) is 69.2 Å². The van der Waals surface area contributed by atoms with Crippen LogP contribution >= 0.6 is 11.8 Å². The van der Waals surface area contributed by atoms with E-state index in [0.29, 0.717) is 32.5 Å². The quantitative estimate of drug-likeness (QED) is 0.710. The molecule has 0 unspecified atom stereocenters. The molecule has 0 N–H and O–H groups in total. The van der Waals surface area contributed by atoms with E-state index < -0.39 is 11.2 Å². The highest BCUT2D eigenvalue weighted by Crippen LogP contribution is 2.71. The van der Waals surface area contributed by atoms with Gasteiger partial charge in [0.15, 0.2) is 5.12 Å². The van der Waals surface area contributed by atoms with Crippen LogP contribution in [0.5, 0.6) is 0 Å². The molecule has 1 spiro atoms. The largest absolute Gasteiger partial charge is 0.444 e. The van der Waals surface area contributed by atoms with Crippen molar-refractivity contribution >= 4 is 29.1 Å². The number of nitrogens with zero attached hydrogens (tertiary/aromatic N) is 2. The zero-order chi connectivity index (χ0) is 20.4. The van der Waals surface area contributed by atoms with Crippen molar-refractivity contribution in [1.29, 1.82) is 0 Å². The van der Waals surface area contributed by atoms with Crippen molar-refractivity contribution in [3.8, 4) is 0 Å². The van der Waals surface area contributed by atoms with Crippen LogP contribution < -0.4 is 0 Å². The molecule has 0 atom stereocenters. The molecule has 2 heterocycles. The minimum atomic E-state index is -0.510. The van der Waals surface area contributed by atoms with E-state index >= 15 is 0 Å². The summed E-state index contributed by atoms with van der Waals surface area (Å²) >= 11 is 1.40. The normalized spacial score (nSPS) is 33.2. The highest BCUT2D eigenvalue weighted by Gasteiger charge is 2.73. The lowest BCUT2D eigenvalue weighted by Gasteiger charge is -2.73. The number of ether oxygens (including phenoxy) is 2. The Bertz CT molecular complexity index is 688. The molecule has 8 heteroatoms. The predicted octanol–water partition coefficient (Wildman–Crippen LogP) is 3.41. The Morgan fingerprint density at radius 1 is 1.18 bits per heavy atom. The maximum atomic E-state index is 12.6. The molecule has 3 saturated carbocycles. The Kier molecular flexibility index (Phi) is 4.45. The van der Waals surface area contributed by atoms with Gasteiger partial charge in [0, 0.05) is 44.1 Å². The molecule has 156 valence electrons. The van der Waals surface area contributed by atoms with Crippen LogP contribution in [0.15, 0.2) is 0 Å². The summed E-state index contributed by atoms with van der Waals surface area (Å²) in [7, 11) is 0. The Hall–Kier alpha value is -1.44. The van der Waals surface area contributed by atoms with Crippen molar-refractivity contribution in [3.63, 3.8) is 0 Å². The van der Waals surface area contributed by atoms with Crippen LogP contribution in [0, 0.1) is 5.41 Å². The Morgan fingerprint density at radius 2 is 1.79 bits per heavy atom. The number of amides is 2. The fraction of sp³-hybridized carbons (Fsp3) is 0.850. The Balaban J connectivity index is 1.31. The van der Waals surface area contributed by atoms with Gasteiger partial charge in [0.25, 0.3) is 0 Å². The lowest BCUT2D eigenvalue weighted by Crippen LogP contribution is -2.75. The molecule has 28 heavy (non-hydrogen) atoms. The van der Waals surface area contributed by atoms with Gasteiger partial charge in [0.2, 0.25) is 0 Å². The zero-order valence-electron chi connectivity index (χ0n) is 17.2. The molecule has 5 rings (SSSR count). The first-order valence-corrected chi connectivity index (χ1v) is 11.1. The van der Waals surface area contributed by atoms with E-state index in [1.165, 1.54) is 11.8 Å². The predicted molar refractivity (Wildman–Crippen MR) is 105 cm³/mol. The van der Waals surface area contributed by atoms with Gasteiger partial charge in [-0.05, 0) is 45.4 Å². The third-order valence-electron chi connectivity index (χ3n) is 6.56. The molecule has 5 aliphatic rings. The smallest absolute Gasteiger partial charge is 0.410 e. The van der Waals surface area contributed by atoms with Crippen molar-refractivity contribution < 1.29 is 23.9 Å². The molecule has 2 bridgehead atoms. The van der Waals surface area contributed by atoms with E-state index in [4.69, 9.17) is 9.47 Å². The van der Waals surface area contributed by atoms with Crippen LogP contribution in [-0.2, 0) is 14.3 Å². The highest BCUT2D eigenvalue weighted by molar-refractivity contribution is 8.13. The van der Waals surface area contributed by atoms with E-state index in [1.807, 2.05) is 25.7 Å². The SMILES string of the molecule is CC(=O)SCC12CC(N3CC4(CCN(C(=O)OC(C)(C)C)CC4)OC3=O)(C1)C2. The van der Waals surface area contributed by atoms with E-state index in [9.17, 15) is 14.4 Å². The summed E-state index contributed by atoms with van der Waals surface area (Å²) in [6.45, 7) is 8.89. The number of rotatable bonds is 3. The van der Waals surface area contributed by atoms with Crippen LogP contribution in [0.1, 0.15) is 59.8 Å². The zero-order valence-corrected chi connectivity index (χ0v) is 18.0. The summed E-state index contributed by atoms with van der Waals surface area (Å²) < 4.78 is 11.3. The summed E-state index contributed by atoms with van der Waals surface area (Å²) in [4.78, 5) is 39.8. The number of carbonyl (C=O) groups is 3. The summed E-state index contributed by atoms with van der Waals surface area (Å²) in [5.41, 5.74) is -0.803. The molecule has 7 nitrogen and oxygen atoms in total. The Labute approximate surface area is 170 Å². The van der Waals surface area contributed by atoms with Gasteiger partial charge in [-0.3, -0.25) is 9.69 Å². The van der Waals surface area contributed by atoms with Gasteiger partial charge in [-0.15, -0.1) is 0 Å². The van der Waals surface area contributed by atoms with Crippen LogP contribution in [0.25, 0.3) is 0 Å². The van der Waals surface area contributed by atoms with Gasteiger partial charge < -0.3 is 14.4 Å². The fourth-order valence-corrected chi connectivity index (χ4v) is 6.12. The average molecular weight is 411 g/mol. The third kappa shape index (κ3) is 3.37. The number of likely N-dealkylation sites (tertiary alicyclic amines) is 1. The van der Waals surface area contributed by atoms with E-state index in [2.05, 4.69) is 0 Å². The molecule has 3 aliphatic carbocycles. The summed E-state index contributed by atoms with van der Waals surface area (Å²) in [6.07, 6.45) is 3.73. The van der Waals surface area contributed by atoms with Gasteiger partial charge in [0.05, 0.1) is 6.54 Å². The van der Waals surface area contributed by atoms with Crippen LogP contribution in [0.2, 0.25) is 0 Å². The average Bonchev–Trinajstić information content (AvgIpc) is 2.80. The second kappa shape index (κ2) is 6.28. The van der Waals surface area contributed by atoms with E-state index in [1.54, 1.807) is 11.8 Å². The topological polar surface area (TPSA) is 76.2 Å². The van der Waals surface area contributed by atoms with Gasteiger partial charge in [-0.1, -0.05) is 11.8 Å². The fourth-order valence-electron chi connectivity index (χ4n) is 5.30. The van der Waals surface area contributed by atoms with Gasteiger partial charge in [-0.2, -0.15) is 0 Å². The molecule has 0 radical (unpaired) electrons. The van der Waals surface area contributed by atoms with Gasteiger partial charge >= 0.3 is 12.2 Å². The second-order valence-corrected chi connectivity index (χ2v) is 11.3. The number of carbonyl (C=O) groups excluding carboxylic acids is 3. The van der Waals surface area contributed by atoms with Gasteiger partial charge in [0.1, 0.15) is 11.2 Å². The highest BCUT2D eigenvalue weighted by atomic mass is 32.2. The first-order valence-electron chi connectivity index (χ1n) is 10.1. The van der Waals surface area contributed by atoms with Crippen molar-refractivity contribution in [2.75, 3.05) is 25.4 Å². The molecular formula is C20H30N2O5S. The minimum absolute atomic E-state index is 0.0553. The maximum absolute atomic E-state index is 12.6. The first kappa shape index (κ1) is 19.9. The Morgan fingerprint density at radius 3 is 2.32 bits per heavy atom. The summed E-state index contributed by atoms with van der Waals surface area (Å²) in [6, 6.07) is 0. The van der Waals surface area contributed by atoms with Crippen LogP contribution in [0.3, 0.4) is 0 Å². The maximum Gasteiger partial charge on any atom is 0.410 e. The molecule has 0 aromatic rings. The molecule has 5 fully saturated rings. The molecular weight excluding hydrogens is 380 g/mol. The van der Waals surface area contributed by atoms with Crippen molar-refractivity contribution in [2.45, 2.75) is 76.5 Å². The molecule has 0 aromatic carbocycles. The molecule has 2 aliphatic heterocycles. The second-order valence-electron chi connectivity index (χ2n) is 10.1. The van der Waals surface area contributed by atoms with Crippen molar-refractivity contribution in [2.24, 2.45) is 5.41 Å². The number of thioether (sulfide) groups is 1. The lowest BCUT2D eigenvalue weighted by atomic mass is 9.39. The van der Waals surface area contributed by atoms with E-state index in [0.717, 1.165) is 25.0 Å². The molecule has 0 aromatic heterocycles. The molecule has 2 amide bonds.